The summed E-state index contributed by atoms with van der Waals surface area (Å²) < 4.78 is 10.8. The predicted octanol–water partition coefficient (Wildman–Crippen LogP) is 13.3. The Balaban J connectivity index is 0.00000497. The molecule has 0 bridgehead atoms. The first-order valence-corrected chi connectivity index (χ1v) is 19.4. The van der Waals surface area contributed by atoms with Crippen LogP contribution in [0.4, 0.5) is 0 Å². The van der Waals surface area contributed by atoms with E-state index in [-0.39, 0.29) is 27.0 Å². The molecule has 3 heterocycles. The summed E-state index contributed by atoms with van der Waals surface area (Å²) in [5, 5.41) is 7.25. The summed E-state index contributed by atoms with van der Waals surface area (Å²) in [4.78, 5) is 4.74. The van der Waals surface area contributed by atoms with Gasteiger partial charge in [-0.25, -0.2) is 4.98 Å². The molecule has 0 saturated heterocycles. The number of para-hydroxylation sites is 1. The van der Waals surface area contributed by atoms with Crippen LogP contribution in [0.2, 0.25) is 0 Å². The molecule has 6 heteroatoms. The fourth-order valence-corrected chi connectivity index (χ4v) is 8.33. The van der Waals surface area contributed by atoms with E-state index in [2.05, 4.69) is 146 Å². The van der Waals surface area contributed by atoms with Gasteiger partial charge in [0.2, 0.25) is 0 Å². The van der Waals surface area contributed by atoms with E-state index < -0.39 is 0 Å². The molecule has 0 aliphatic carbocycles. The smallest absolute Gasteiger partial charge is 0.509 e. The van der Waals surface area contributed by atoms with Gasteiger partial charge in [0.1, 0.15) is 5.82 Å². The van der Waals surface area contributed by atoms with Crippen LogP contribution in [0.3, 0.4) is 0 Å². The number of ether oxygens (including phenoxy) is 1. The summed E-state index contributed by atoms with van der Waals surface area (Å²) in [5.74, 6) is 3.31. The van der Waals surface area contributed by atoms with E-state index >= 15 is 0 Å². The maximum Gasteiger partial charge on any atom is 2.00 e. The van der Waals surface area contributed by atoms with Gasteiger partial charge >= 0.3 is 21.1 Å². The molecular weight excluding hydrogens is 844 g/mol. The number of hydrogen-bond acceptors (Lipinski definition) is 3. The zero-order valence-corrected chi connectivity index (χ0v) is 35.4. The first kappa shape index (κ1) is 39.2. The Morgan fingerprint density at radius 2 is 1.46 bits per heavy atom. The van der Waals surface area contributed by atoms with Crippen LogP contribution in [-0.2, 0) is 21.1 Å². The van der Waals surface area contributed by atoms with Crippen LogP contribution in [0, 0.1) is 32.9 Å². The number of fused-ring (bicyclic) bond motifs is 3. The molecule has 0 N–H and O–H groups in total. The minimum Gasteiger partial charge on any atom is -0.509 e. The van der Waals surface area contributed by atoms with E-state index in [1.54, 1.807) is 0 Å². The van der Waals surface area contributed by atoms with Crippen LogP contribution < -0.4 is 4.74 Å². The Hall–Kier alpha value is -4.47. The van der Waals surface area contributed by atoms with Crippen molar-refractivity contribution in [3.05, 3.63) is 131 Å². The fourth-order valence-electron chi connectivity index (χ4n) is 8.33. The van der Waals surface area contributed by atoms with Crippen molar-refractivity contribution in [1.82, 2.24) is 19.3 Å². The summed E-state index contributed by atoms with van der Waals surface area (Å²) in [6.07, 6.45) is 10.7. The monoisotopic (exact) mass is 895 g/mol. The van der Waals surface area contributed by atoms with E-state index in [1.165, 1.54) is 27.8 Å². The second kappa shape index (κ2) is 16.5. The number of rotatable bonds is 12. The van der Waals surface area contributed by atoms with E-state index in [1.807, 2.05) is 23.0 Å². The second-order valence-electron chi connectivity index (χ2n) is 15.3. The molecule has 7 aromatic rings. The van der Waals surface area contributed by atoms with Gasteiger partial charge in [-0.2, -0.15) is 11.2 Å². The van der Waals surface area contributed by atoms with E-state index in [0.717, 1.165) is 75.7 Å². The number of hydrogen-bond donors (Lipinski definition) is 0. The van der Waals surface area contributed by atoms with Gasteiger partial charge in [0.05, 0.1) is 6.20 Å². The molecule has 2 atom stereocenters. The molecule has 3 aromatic heterocycles. The van der Waals surface area contributed by atoms with E-state index in [0.29, 0.717) is 23.3 Å². The van der Waals surface area contributed by atoms with Crippen LogP contribution in [0.15, 0.2) is 85.3 Å². The van der Waals surface area contributed by atoms with Gasteiger partial charge in [-0.3, -0.25) is 4.68 Å². The van der Waals surface area contributed by atoms with Gasteiger partial charge in [-0.15, -0.1) is 41.3 Å². The number of nitrogens with zero attached hydrogens (tertiary/aromatic N) is 4. The van der Waals surface area contributed by atoms with Crippen LogP contribution in [0.25, 0.3) is 44.4 Å². The number of pyridine rings is 1. The Morgan fingerprint density at radius 3 is 2.13 bits per heavy atom. The molecule has 0 aliphatic heterocycles. The summed E-state index contributed by atoms with van der Waals surface area (Å²) in [6, 6.07) is 30.6. The van der Waals surface area contributed by atoms with Crippen molar-refractivity contribution in [2.45, 2.75) is 106 Å². The minimum atomic E-state index is 0. The molecule has 0 spiro atoms. The first-order valence-electron chi connectivity index (χ1n) is 19.4. The third kappa shape index (κ3) is 7.58. The van der Waals surface area contributed by atoms with Gasteiger partial charge in [0.25, 0.3) is 0 Å². The molecule has 0 fully saturated rings. The van der Waals surface area contributed by atoms with Gasteiger partial charge in [0.15, 0.2) is 0 Å². The van der Waals surface area contributed by atoms with E-state index in [4.69, 9.17) is 14.8 Å². The maximum absolute atomic E-state index is 6.64. The molecule has 54 heavy (non-hydrogen) atoms. The van der Waals surface area contributed by atoms with E-state index in [9.17, 15) is 0 Å². The standard InChI is InChI=1S/C48H52N4O.Pt/c1-10-14-32(6)46-34(8)23-35(9)47(33(7)15-11-2)48(46)37-28-50-51(29-37)38-24-36(30(3)4)25-40(26-38)53-39-18-19-42-41-16-12-13-17-43(41)52(44(42)27-39)45-22-31(5)20-21-49-45;/h12-13,16-25,28-30,32-33H,10-11,14-15H2,1-9H3;/q-2;+2. The largest absolute Gasteiger partial charge is 2.00 e. The van der Waals surface area contributed by atoms with Gasteiger partial charge < -0.3 is 9.30 Å². The second-order valence-corrected chi connectivity index (χ2v) is 15.3. The third-order valence-corrected chi connectivity index (χ3v) is 10.8. The molecule has 0 amide bonds. The van der Waals surface area contributed by atoms with Crippen molar-refractivity contribution in [1.29, 1.82) is 0 Å². The quantitative estimate of drug-likeness (QED) is 0.115. The summed E-state index contributed by atoms with van der Waals surface area (Å²) in [5.41, 5.74) is 13.4. The predicted molar refractivity (Wildman–Crippen MR) is 220 cm³/mol. The third-order valence-electron chi connectivity index (χ3n) is 10.8. The van der Waals surface area contributed by atoms with Crippen molar-refractivity contribution >= 4 is 21.8 Å². The molecule has 0 saturated carbocycles. The normalized spacial score (nSPS) is 12.7. The summed E-state index contributed by atoms with van der Waals surface area (Å²) >= 11 is 0. The minimum absolute atomic E-state index is 0. The average molecular weight is 896 g/mol. The maximum atomic E-state index is 6.64. The van der Waals surface area contributed by atoms with Gasteiger partial charge in [-0.1, -0.05) is 84.2 Å². The van der Waals surface area contributed by atoms with Crippen LogP contribution in [0.1, 0.15) is 118 Å². The van der Waals surface area contributed by atoms with Crippen molar-refractivity contribution in [2.24, 2.45) is 0 Å². The summed E-state index contributed by atoms with van der Waals surface area (Å²) in [7, 11) is 0. The van der Waals surface area contributed by atoms with Crippen molar-refractivity contribution in [3.8, 4) is 34.1 Å². The molecule has 5 nitrogen and oxygen atoms in total. The van der Waals surface area contributed by atoms with Crippen LogP contribution in [-0.4, -0.2) is 19.3 Å². The zero-order valence-electron chi connectivity index (χ0n) is 33.2. The van der Waals surface area contributed by atoms with Crippen molar-refractivity contribution in [2.75, 3.05) is 0 Å². The van der Waals surface area contributed by atoms with Crippen molar-refractivity contribution < 1.29 is 25.8 Å². The Morgan fingerprint density at radius 1 is 0.759 bits per heavy atom. The Labute approximate surface area is 336 Å². The number of aryl methyl sites for hydroxylation is 3. The number of benzene rings is 4. The first-order chi connectivity index (χ1) is 25.6. The average Bonchev–Trinajstić information content (AvgIpc) is 3.75. The molecule has 4 aromatic carbocycles. The molecular formula is C48H52N4OPt. The summed E-state index contributed by atoms with van der Waals surface area (Å²) in [6.45, 7) is 20.4. The molecule has 0 radical (unpaired) electrons. The molecule has 0 aliphatic rings. The van der Waals surface area contributed by atoms with Crippen LogP contribution in [0.5, 0.6) is 11.5 Å². The van der Waals surface area contributed by atoms with Gasteiger partial charge in [-0.05, 0) is 114 Å². The molecule has 2 unspecified atom stereocenters. The SMILES string of the molecule is CCCC(C)c1c(C)cc(C)c(C(C)CCC)c1-c1cnn(-c2[c-]c(Oc3[c-]c4c(cc3)c3ccccc3n4-c3cc(C)ccn3)cc(C(C)C)c2)c1.[Pt+2]. The van der Waals surface area contributed by atoms with Gasteiger partial charge in [0, 0.05) is 35.0 Å². The number of aromatic nitrogens is 4. The van der Waals surface area contributed by atoms with Crippen LogP contribution >= 0.6 is 0 Å². The Bertz CT molecular complexity index is 2380. The Kier molecular flexibility index (Phi) is 12.0. The van der Waals surface area contributed by atoms with Crippen molar-refractivity contribution in [3.63, 3.8) is 0 Å². The zero-order chi connectivity index (χ0) is 37.4. The topological polar surface area (TPSA) is 44.9 Å². The molecule has 7 rings (SSSR count). The fraction of sp³-hybridized carbons (Fsp3) is 0.333. The molecule has 280 valence electrons.